The molecule has 0 amide bonds. The standard InChI is InChI=1S/C80H156O17P2/c1-7-9-11-13-15-17-19-21-23-24-25-26-28-32-37-41-45-53-59-64-79(84)96-75(68-90-77(82)62-56-50-43-39-35-33-29-30-34-38-42-48-54-60-72(3)4)70-94-98(86,87)92-66-74(81)67-93-99(88,89)95-71-76(69-91-78(83)63-57-51-47-46-49-55-61-73(5)6)97-80(85)65-58-52-44-40-36-31-27-22-20-18-16-14-12-10-8-2/h72-76,81H,7-71H2,1-6H3,(H,86,87)(H,88,89)/t74-,75-,76-/m1/s1. The lowest BCUT2D eigenvalue weighted by atomic mass is 10.0. The van der Waals surface area contributed by atoms with Crippen molar-refractivity contribution in [2.75, 3.05) is 39.6 Å². The zero-order valence-corrected chi connectivity index (χ0v) is 66.6. The van der Waals surface area contributed by atoms with Crippen molar-refractivity contribution in [2.45, 2.75) is 439 Å². The molecule has 0 saturated heterocycles. The van der Waals surface area contributed by atoms with Gasteiger partial charge in [-0.3, -0.25) is 37.3 Å². The van der Waals surface area contributed by atoms with Crippen molar-refractivity contribution >= 4 is 39.5 Å². The number of aliphatic hydroxyl groups is 1. The monoisotopic (exact) mass is 1450 g/mol. The first kappa shape index (κ1) is 97.1. The summed E-state index contributed by atoms with van der Waals surface area (Å²) in [4.78, 5) is 72.9. The van der Waals surface area contributed by atoms with Crippen molar-refractivity contribution < 1.29 is 80.2 Å². The molecule has 17 nitrogen and oxygen atoms in total. The van der Waals surface area contributed by atoms with Gasteiger partial charge in [0.15, 0.2) is 12.2 Å². The Morgan fingerprint density at radius 1 is 0.273 bits per heavy atom. The Bertz CT molecular complexity index is 1910. The van der Waals surface area contributed by atoms with E-state index < -0.39 is 97.5 Å². The molecule has 0 bridgehead atoms. The zero-order valence-electron chi connectivity index (χ0n) is 64.8. The molecule has 0 aliphatic carbocycles. The molecule has 0 heterocycles. The van der Waals surface area contributed by atoms with Gasteiger partial charge in [-0.15, -0.1) is 0 Å². The van der Waals surface area contributed by atoms with Gasteiger partial charge in [-0.25, -0.2) is 9.13 Å². The summed E-state index contributed by atoms with van der Waals surface area (Å²) in [6, 6.07) is 0. The van der Waals surface area contributed by atoms with E-state index in [1.807, 2.05) is 0 Å². The summed E-state index contributed by atoms with van der Waals surface area (Å²) < 4.78 is 68.7. The van der Waals surface area contributed by atoms with Crippen LogP contribution in [0.15, 0.2) is 0 Å². The zero-order chi connectivity index (χ0) is 72.8. The molecule has 0 aromatic heterocycles. The molecular weight excluding hydrogens is 1290 g/mol. The van der Waals surface area contributed by atoms with Crippen LogP contribution >= 0.6 is 15.6 Å². The molecule has 19 heteroatoms. The molecule has 3 N–H and O–H groups in total. The largest absolute Gasteiger partial charge is 0.472 e. The van der Waals surface area contributed by atoms with Crippen LogP contribution in [0, 0.1) is 11.8 Å². The summed E-state index contributed by atoms with van der Waals surface area (Å²) in [6.07, 6.45) is 61.2. The molecular formula is C80H156O17P2. The molecule has 5 atom stereocenters. The summed E-state index contributed by atoms with van der Waals surface area (Å²) in [5.74, 6) is -0.640. The normalized spacial score (nSPS) is 13.9. The Kier molecular flexibility index (Phi) is 70.3. The molecule has 99 heavy (non-hydrogen) atoms. The third-order valence-electron chi connectivity index (χ3n) is 18.7. The van der Waals surface area contributed by atoms with Gasteiger partial charge in [0.1, 0.15) is 19.3 Å². The second-order valence-corrected chi connectivity index (χ2v) is 32.7. The fraction of sp³-hybridized carbons (Fsp3) is 0.950. The van der Waals surface area contributed by atoms with E-state index in [0.717, 1.165) is 102 Å². The minimum atomic E-state index is -4.96. The molecule has 0 spiro atoms. The average Bonchev–Trinajstić information content (AvgIpc) is 1.09. The topological polar surface area (TPSA) is 237 Å². The number of aliphatic hydroxyl groups excluding tert-OH is 1. The quantitative estimate of drug-likeness (QED) is 0.0222. The summed E-state index contributed by atoms with van der Waals surface area (Å²) >= 11 is 0. The van der Waals surface area contributed by atoms with Crippen molar-refractivity contribution in [1.29, 1.82) is 0 Å². The molecule has 0 saturated carbocycles. The first-order valence-electron chi connectivity index (χ1n) is 41.5. The third kappa shape index (κ3) is 74.1. The minimum Gasteiger partial charge on any atom is -0.462 e. The summed E-state index contributed by atoms with van der Waals surface area (Å²) in [5, 5.41) is 10.6. The first-order valence-corrected chi connectivity index (χ1v) is 44.5. The van der Waals surface area contributed by atoms with Gasteiger partial charge in [-0.05, 0) is 37.5 Å². The fourth-order valence-corrected chi connectivity index (χ4v) is 13.9. The van der Waals surface area contributed by atoms with Crippen molar-refractivity contribution in [2.24, 2.45) is 11.8 Å². The number of esters is 4. The second kappa shape index (κ2) is 71.7. The molecule has 0 aliphatic rings. The van der Waals surface area contributed by atoms with Crippen molar-refractivity contribution in [3.8, 4) is 0 Å². The lowest BCUT2D eigenvalue weighted by Gasteiger charge is -2.21. The van der Waals surface area contributed by atoms with Gasteiger partial charge in [0.2, 0.25) is 0 Å². The maximum absolute atomic E-state index is 13.1. The van der Waals surface area contributed by atoms with Crippen LogP contribution in [0.4, 0.5) is 0 Å². The number of hydrogen-bond acceptors (Lipinski definition) is 15. The molecule has 0 aliphatic heterocycles. The van der Waals surface area contributed by atoms with Gasteiger partial charge in [0.05, 0.1) is 26.4 Å². The highest BCUT2D eigenvalue weighted by atomic mass is 31.2. The summed E-state index contributed by atoms with van der Waals surface area (Å²) in [6.45, 7) is 9.57. The van der Waals surface area contributed by atoms with Crippen LogP contribution in [-0.2, 0) is 65.4 Å². The van der Waals surface area contributed by atoms with E-state index in [1.54, 1.807) is 0 Å². The Balaban J connectivity index is 5.22. The van der Waals surface area contributed by atoms with E-state index in [1.165, 1.54) is 231 Å². The molecule has 2 unspecified atom stereocenters. The molecule has 0 rings (SSSR count). The lowest BCUT2D eigenvalue weighted by Crippen LogP contribution is -2.30. The van der Waals surface area contributed by atoms with Gasteiger partial charge in [0.25, 0.3) is 0 Å². The highest BCUT2D eigenvalue weighted by molar-refractivity contribution is 7.47. The highest BCUT2D eigenvalue weighted by Gasteiger charge is 2.30. The SMILES string of the molecule is CCCCCCCCCCCCCCCCCCCCCC(=O)O[C@H](COC(=O)CCCCCCCCCCCCCCCC(C)C)COP(=O)(O)OC[C@@H](O)COP(=O)(O)OC[C@@H](COC(=O)CCCCCCCCC(C)C)OC(=O)CCCCCCCCCCCCCCCCC. The smallest absolute Gasteiger partial charge is 0.462 e. The van der Waals surface area contributed by atoms with E-state index in [-0.39, 0.29) is 25.7 Å². The predicted molar refractivity (Wildman–Crippen MR) is 405 cm³/mol. The van der Waals surface area contributed by atoms with Crippen LogP contribution < -0.4 is 0 Å². The van der Waals surface area contributed by atoms with Crippen LogP contribution in [-0.4, -0.2) is 96.7 Å². The van der Waals surface area contributed by atoms with E-state index in [2.05, 4.69) is 41.5 Å². The molecule has 588 valence electrons. The van der Waals surface area contributed by atoms with Crippen LogP contribution in [0.25, 0.3) is 0 Å². The van der Waals surface area contributed by atoms with Crippen LogP contribution in [0.1, 0.15) is 420 Å². The van der Waals surface area contributed by atoms with Crippen molar-refractivity contribution in [1.82, 2.24) is 0 Å². The number of ether oxygens (including phenoxy) is 4. The van der Waals surface area contributed by atoms with Gasteiger partial charge in [-0.1, -0.05) is 369 Å². The number of hydrogen-bond donors (Lipinski definition) is 3. The van der Waals surface area contributed by atoms with E-state index in [4.69, 9.17) is 37.0 Å². The highest BCUT2D eigenvalue weighted by Crippen LogP contribution is 2.45. The Morgan fingerprint density at radius 2 is 0.465 bits per heavy atom. The Morgan fingerprint density at radius 3 is 0.687 bits per heavy atom. The van der Waals surface area contributed by atoms with Gasteiger partial charge >= 0.3 is 39.5 Å². The summed E-state index contributed by atoms with van der Waals surface area (Å²) in [5.41, 5.74) is 0. The molecule has 0 radical (unpaired) electrons. The van der Waals surface area contributed by atoms with Crippen LogP contribution in [0.5, 0.6) is 0 Å². The van der Waals surface area contributed by atoms with E-state index in [9.17, 15) is 43.2 Å². The number of phosphoric ester groups is 2. The van der Waals surface area contributed by atoms with Crippen LogP contribution in [0.3, 0.4) is 0 Å². The van der Waals surface area contributed by atoms with Gasteiger partial charge in [0, 0.05) is 25.7 Å². The first-order chi connectivity index (χ1) is 47.9. The van der Waals surface area contributed by atoms with Crippen molar-refractivity contribution in [3.05, 3.63) is 0 Å². The molecule has 0 fully saturated rings. The number of rotatable bonds is 79. The number of phosphoric acid groups is 2. The number of carbonyl (C=O) groups excluding carboxylic acids is 4. The third-order valence-corrected chi connectivity index (χ3v) is 20.6. The summed E-state index contributed by atoms with van der Waals surface area (Å²) in [7, 11) is -9.92. The average molecular weight is 1450 g/mol. The van der Waals surface area contributed by atoms with Crippen molar-refractivity contribution in [3.63, 3.8) is 0 Å². The second-order valence-electron chi connectivity index (χ2n) is 29.8. The minimum absolute atomic E-state index is 0.107. The molecule has 0 aromatic carbocycles. The fourth-order valence-electron chi connectivity index (χ4n) is 12.4. The Hall–Kier alpha value is -1.94. The number of unbranched alkanes of at least 4 members (excludes halogenated alkanes) is 49. The van der Waals surface area contributed by atoms with E-state index in [0.29, 0.717) is 31.6 Å². The predicted octanol–water partition coefficient (Wildman–Crippen LogP) is 23.9. The Labute approximate surface area is 607 Å². The number of carbonyl (C=O) groups is 4. The van der Waals surface area contributed by atoms with Gasteiger partial charge < -0.3 is 33.8 Å². The van der Waals surface area contributed by atoms with Gasteiger partial charge in [-0.2, -0.15) is 0 Å². The lowest BCUT2D eigenvalue weighted by molar-refractivity contribution is -0.161. The maximum Gasteiger partial charge on any atom is 0.472 e. The maximum atomic E-state index is 13.1. The van der Waals surface area contributed by atoms with Crippen LogP contribution in [0.2, 0.25) is 0 Å². The molecule has 0 aromatic rings. The van der Waals surface area contributed by atoms with E-state index >= 15 is 0 Å².